The van der Waals surface area contributed by atoms with E-state index >= 15 is 0 Å². The standard InChI is InChI=1S/C22H39N/c1-4-17-5-7-18(8-6-17)21-13-14-22(16(3)15(21)2)19-9-11-20(23)12-10-19/h4,15-22H,1,5-14,23H2,2-3H3. The SMILES string of the molecule is C=CC1CCC(C2CCC(C3CCC(N)CC3)C(C)C2C)CC1. The normalized spacial score (nSPS) is 48.8. The second-order valence-corrected chi connectivity index (χ2v) is 9.21. The maximum Gasteiger partial charge on any atom is 0.00390 e. The molecule has 4 unspecified atom stereocenters. The Balaban J connectivity index is 1.56. The molecule has 1 nitrogen and oxygen atoms in total. The fraction of sp³-hybridized carbons (Fsp3) is 0.909. The van der Waals surface area contributed by atoms with Crippen LogP contribution < -0.4 is 5.73 Å². The first-order valence-corrected chi connectivity index (χ1v) is 10.5. The Morgan fingerprint density at radius 3 is 1.57 bits per heavy atom. The van der Waals surface area contributed by atoms with E-state index in [4.69, 9.17) is 5.73 Å². The van der Waals surface area contributed by atoms with E-state index in [1.807, 2.05) is 0 Å². The number of nitrogens with two attached hydrogens (primary N) is 1. The Labute approximate surface area is 144 Å². The Morgan fingerprint density at radius 1 is 0.696 bits per heavy atom. The highest BCUT2D eigenvalue weighted by molar-refractivity contribution is 4.93. The lowest BCUT2D eigenvalue weighted by atomic mass is 9.58. The van der Waals surface area contributed by atoms with Crippen molar-refractivity contribution in [3.05, 3.63) is 12.7 Å². The zero-order chi connectivity index (χ0) is 16.4. The number of hydrogen-bond donors (Lipinski definition) is 1. The number of rotatable bonds is 3. The van der Waals surface area contributed by atoms with E-state index in [1.165, 1.54) is 64.2 Å². The second kappa shape index (κ2) is 7.72. The average molecular weight is 318 g/mol. The van der Waals surface area contributed by atoms with Crippen LogP contribution in [0.25, 0.3) is 0 Å². The summed E-state index contributed by atoms with van der Waals surface area (Å²) in [5.41, 5.74) is 6.12. The van der Waals surface area contributed by atoms with Crippen LogP contribution in [0.3, 0.4) is 0 Å². The molecule has 0 aromatic rings. The predicted octanol–water partition coefficient (Wildman–Crippen LogP) is 5.79. The largest absolute Gasteiger partial charge is 0.328 e. The summed E-state index contributed by atoms with van der Waals surface area (Å²) in [6, 6.07) is 0.496. The summed E-state index contributed by atoms with van der Waals surface area (Å²) in [6.45, 7) is 9.16. The third-order valence-electron chi connectivity index (χ3n) is 8.19. The van der Waals surface area contributed by atoms with E-state index in [-0.39, 0.29) is 0 Å². The minimum atomic E-state index is 0.496. The topological polar surface area (TPSA) is 26.0 Å². The van der Waals surface area contributed by atoms with Crippen molar-refractivity contribution in [1.29, 1.82) is 0 Å². The van der Waals surface area contributed by atoms with E-state index in [9.17, 15) is 0 Å². The van der Waals surface area contributed by atoms with Crippen molar-refractivity contribution in [1.82, 2.24) is 0 Å². The van der Waals surface area contributed by atoms with Gasteiger partial charge < -0.3 is 5.73 Å². The maximum absolute atomic E-state index is 6.12. The number of hydrogen-bond acceptors (Lipinski definition) is 1. The summed E-state index contributed by atoms with van der Waals surface area (Å²) < 4.78 is 0. The Bertz CT molecular complexity index is 373. The molecule has 3 fully saturated rings. The van der Waals surface area contributed by atoms with Crippen molar-refractivity contribution in [2.24, 2.45) is 47.2 Å². The van der Waals surface area contributed by atoms with Gasteiger partial charge in [0, 0.05) is 6.04 Å². The summed E-state index contributed by atoms with van der Waals surface area (Å²) in [4.78, 5) is 0. The first-order valence-electron chi connectivity index (χ1n) is 10.5. The molecule has 0 amide bonds. The van der Waals surface area contributed by atoms with E-state index in [2.05, 4.69) is 26.5 Å². The molecule has 0 spiro atoms. The van der Waals surface area contributed by atoms with Gasteiger partial charge in [0.1, 0.15) is 0 Å². The minimum absolute atomic E-state index is 0.496. The van der Waals surface area contributed by atoms with Gasteiger partial charge in [-0.15, -0.1) is 6.58 Å². The molecule has 3 aliphatic rings. The molecule has 3 aliphatic carbocycles. The van der Waals surface area contributed by atoms with Gasteiger partial charge in [0.15, 0.2) is 0 Å². The molecule has 132 valence electrons. The van der Waals surface area contributed by atoms with Gasteiger partial charge in [-0.3, -0.25) is 0 Å². The first-order chi connectivity index (χ1) is 11.1. The molecular weight excluding hydrogens is 278 g/mol. The molecule has 3 rings (SSSR count). The third-order valence-corrected chi connectivity index (χ3v) is 8.19. The molecular formula is C22H39N. The van der Waals surface area contributed by atoms with Crippen molar-refractivity contribution in [3.8, 4) is 0 Å². The Hall–Kier alpha value is -0.300. The van der Waals surface area contributed by atoms with E-state index in [0.717, 1.165) is 41.4 Å². The summed E-state index contributed by atoms with van der Waals surface area (Å²) in [7, 11) is 0. The zero-order valence-electron chi connectivity index (χ0n) is 15.6. The molecule has 2 N–H and O–H groups in total. The van der Waals surface area contributed by atoms with E-state index < -0.39 is 0 Å². The highest BCUT2D eigenvalue weighted by Gasteiger charge is 2.41. The molecule has 0 bridgehead atoms. The maximum atomic E-state index is 6.12. The van der Waals surface area contributed by atoms with Crippen LogP contribution in [-0.4, -0.2) is 6.04 Å². The highest BCUT2D eigenvalue weighted by atomic mass is 14.6. The lowest BCUT2D eigenvalue weighted by Crippen LogP contribution is -2.40. The molecule has 3 saturated carbocycles. The molecule has 0 aliphatic heterocycles. The van der Waals surface area contributed by atoms with E-state index in [1.54, 1.807) is 0 Å². The Kier molecular flexibility index (Phi) is 5.88. The number of allylic oxidation sites excluding steroid dienone is 1. The van der Waals surface area contributed by atoms with Crippen molar-refractivity contribution < 1.29 is 0 Å². The van der Waals surface area contributed by atoms with Gasteiger partial charge in [0.25, 0.3) is 0 Å². The molecule has 0 heterocycles. The van der Waals surface area contributed by atoms with Crippen LogP contribution in [0.15, 0.2) is 12.7 Å². The van der Waals surface area contributed by atoms with Crippen LogP contribution in [0.1, 0.15) is 78.1 Å². The minimum Gasteiger partial charge on any atom is -0.328 e. The smallest absolute Gasteiger partial charge is 0.00390 e. The molecule has 23 heavy (non-hydrogen) atoms. The zero-order valence-corrected chi connectivity index (χ0v) is 15.6. The first kappa shape index (κ1) is 17.5. The van der Waals surface area contributed by atoms with Gasteiger partial charge in [0.05, 0.1) is 0 Å². The molecule has 0 radical (unpaired) electrons. The Morgan fingerprint density at radius 2 is 1.13 bits per heavy atom. The van der Waals surface area contributed by atoms with Crippen LogP contribution in [0, 0.1) is 41.4 Å². The highest BCUT2D eigenvalue weighted by Crippen LogP contribution is 2.50. The molecule has 0 aromatic heterocycles. The fourth-order valence-corrected chi connectivity index (χ4v) is 6.40. The average Bonchev–Trinajstić information content (AvgIpc) is 2.58. The lowest BCUT2D eigenvalue weighted by molar-refractivity contribution is 0.0205. The molecule has 0 saturated heterocycles. The predicted molar refractivity (Wildman–Crippen MR) is 100 cm³/mol. The summed E-state index contributed by atoms with van der Waals surface area (Å²) in [5, 5.41) is 0. The molecule has 0 aromatic carbocycles. The third kappa shape index (κ3) is 3.86. The summed E-state index contributed by atoms with van der Waals surface area (Å²) in [6.07, 6.45) is 16.3. The van der Waals surface area contributed by atoms with Crippen molar-refractivity contribution in [2.75, 3.05) is 0 Å². The molecule has 1 heteroatoms. The van der Waals surface area contributed by atoms with Crippen molar-refractivity contribution >= 4 is 0 Å². The second-order valence-electron chi connectivity index (χ2n) is 9.21. The van der Waals surface area contributed by atoms with Crippen LogP contribution >= 0.6 is 0 Å². The quantitative estimate of drug-likeness (QED) is 0.655. The van der Waals surface area contributed by atoms with Gasteiger partial charge in [-0.1, -0.05) is 19.9 Å². The van der Waals surface area contributed by atoms with Crippen molar-refractivity contribution in [3.63, 3.8) is 0 Å². The van der Waals surface area contributed by atoms with E-state index in [0.29, 0.717) is 6.04 Å². The van der Waals surface area contributed by atoms with Crippen LogP contribution in [-0.2, 0) is 0 Å². The van der Waals surface area contributed by atoms with Gasteiger partial charge >= 0.3 is 0 Å². The monoisotopic (exact) mass is 317 g/mol. The van der Waals surface area contributed by atoms with Gasteiger partial charge in [-0.05, 0) is 106 Å². The summed E-state index contributed by atoms with van der Waals surface area (Å²) in [5.74, 6) is 6.62. The van der Waals surface area contributed by atoms with Gasteiger partial charge in [-0.2, -0.15) is 0 Å². The summed E-state index contributed by atoms with van der Waals surface area (Å²) >= 11 is 0. The van der Waals surface area contributed by atoms with Gasteiger partial charge in [-0.25, -0.2) is 0 Å². The molecule has 4 atom stereocenters. The lowest BCUT2D eigenvalue weighted by Gasteiger charge is -2.48. The van der Waals surface area contributed by atoms with Crippen molar-refractivity contribution in [2.45, 2.75) is 84.1 Å². The van der Waals surface area contributed by atoms with Gasteiger partial charge in [0.2, 0.25) is 0 Å². The fourth-order valence-electron chi connectivity index (χ4n) is 6.40. The van der Waals surface area contributed by atoms with Crippen LogP contribution in [0.2, 0.25) is 0 Å². The van der Waals surface area contributed by atoms with Crippen LogP contribution in [0.4, 0.5) is 0 Å². The van der Waals surface area contributed by atoms with Crippen LogP contribution in [0.5, 0.6) is 0 Å².